The minimum atomic E-state index is -0.00391. The van der Waals surface area contributed by atoms with Gasteiger partial charge >= 0.3 is 0 Å². The summed E-state index contributed by atoms with van der Waals surface area (Å²) < 4.78 is 0. The van der Waals surface area contributed by atoms with Gasteiger partial charge in [-0.1, -0.05) is 35.9 Å². The zero-order valence-corrected chi connectivity index (χ0v) is 9.69. The SMILES string of the molecule is CC(=O)CCC(=O)/C=C/c1ccc(C)cc1. The van der Waals surface area contributed by atoms with Crippen molar-refractivity contribution < 1.29 is 9.59 Å². The molecule has 2 nitrogen and oxygen atoms in total. The number of hydrogen-bond donors (Lipinski definition) is 0. The zero-order valence-electron chi connectivity index (χ0n) is 9.69. The van der Waals surface area contributed by atoms with Crippen molar-refractivity contribution in [3.8, 4) is 0 Å². The van der Waals surface area contributed by atoms with E-state index in [-0.39, 0.29) is 11.6 Å². The van der Waals surface area contributed by atoms with Crippen LogP contribution < -0.4 is 0 Å². The number of allylic oxidation sites excluding steroid dienone is 1. The first-order valence-corrected chi connectivity index (χ1v) is 5.35. The van der Waals surface area contributed by atoms with Gasteiger partial charge in [0.15, 0.2) is 5.78 Å². The molecular formula is C14H16O2. The standard InChI is InChI=1S/C14H16O2/c1-11-3-6-13(7-4-11)8-10-14(16)9-5-12(2)15/h3-4,6-8,10H,5,9H2,1-2H3/b10-8+. The number of carbonyl (C=O) groups excluding carboxylic acids is 2. The predicted molar refractivity (Wildman–Crippen MR) is 65.1 cm³/mol. The van der Waals surface area contributed by atoms with Gasteiger partial charge in [0.2, 0.25) is 0 Å². The van der Waals surface area contributed by atoms with Gasteiger partial charge in [-0.2, -0.15) is 0 Å². The lowest BCUT2D eigenvalue weighted by Crippen LogP contribution is -1.97. The molecule has 0 amide bonds. The fourth-order valence-corrected chi connectivity index (χ4v) is 1.25. The van der Waals surface area contributed by atoms with Crippen LogP contribution in [0.3, 0.4) is 0 Å². The highest BCUT2D eigenvalue weighted by atomic mass is 16.1. The Balaban J connectivity index is 2.50. The molecule has 0 saturated heterocycles. The van der Waals surface area contributed by atoms with E-state index in [2.05, 4.69) is 0 Å². The zero-order chi connectivity index (χ0) is 12.0. The van der Waals surface area contributed by atoms with Crippen molar-refractivity contribution in [2.75, 3.05) is 0 Å². The lowest BCUT2D eigenvalue weighted by atomic mass is 10.1. The van der Waals surface area contributed by atoms with Crippen molar-refractivity contribution in [2.45, 2.75) is 26.7 Å². The van der Waals surface area contributed by atoms with Gasteiger partial charge in [-0.05, 0) is 25.5 Å². The van der Waals surface area contributed by atoms with Gasteiger partial charge in [-0.15, -0.1) is 0 Å². The van der Waals surface area contributed by atoms with Crippen molar-refractivity contribution in [1.29, 1.82) is 0 Å². The fourth-order valence-electron chi connectivity index (χ4n) is 1.25. The van der Waals surface area contributed by atoms with E-state index in [0.717, 1.165) is 5.56 Å². The molecule has 0 heterocycles. The van der Waals surface area contributed by atoms with Crippen LogP contribution in [0.4, 0.5) is 0 Å². The molecule has 0 aliphatic carbocycles. The number of benzene rings is 1. The predicted octanol–water partition coefficient (Wildman–Crippen LogP) is 2.95. The van der Waals surface area contributed by atoms with E-state index in [0.29, 0.717) is 12.8 Å². The molecule has 0 aromatic heterocycles. The first-order chi connectivity index (χ1) is 7.58. The molecule has 0 fully saturated rings. The van der Waals surface area contributed by atoms with Crippen LogP contribution in [0.2, 0.25) is 0 Å². The molecule has 0 radical (unpaired) electrons. The molecule has 0 atom stereocenters. The number of Topliss-reactive ketones (excluding diaryl/α,β-unsaturated/α-hetero) is 1. The van der Waals surface area contributed by atoms with Crippen molar-refractivity contribution in [3.05, 3.63) is 41.5 Å². The third kappa shape index (κ3) is 4.69. The van der Waals surface area contributed by atoms with Crippen molar-refractivity contribution >= 4 is 17.6 Å². The highest BCUT2D eigenvalue weighted by molar-refractivity contribution is 5.95. The quantitative estimate of drug-likeness (QED) is 0.709. The van der Waals surface area contributed by atoms with Crippen LogP contribution in [0.15, 0.2) is 30.3 Å². The van der Waals surface area contributed by atoms with E-state index in [1.54, 1.807) is 6.08 Å². The Kier molecular flexibility index (Phi) is 4.65. The molecule has 0 N–H and O–H groups in total. The summed E-state index contributed by atoms with van der Waals surface area (Å²) in [5.41, 5.74) is 2.20. The molecule has 0 unspecified atom stereocenters. The molecule has 1 aromatic rings. The van der Waals surface area contributed by atoms with Crippen LogP contribution in [-0.2, 0) is 9.59 Å². The largest absolute Gasteiger partial charge is 0.300 e. The molecule has 1 rings (SSSR count). The first-order valence-electron chi connectivity index (χ1n) is 5.35. The Labute approximate surface area is 96.0 Å². The van der Waals surface area contributed by atoms with Crippen LogP contribution in [0.25, 0.3) is 6.08 Å². The fraction of sp³-hybridized carbons (Fsp3) is 0.286. The third-order valence-electron chi connectivity index (χ3n) is 2.26. The van der Waals surface area contributed by atoms with Crippen LogP contribution in [0.1, 0.15) is 30.9 Å². The summed E-state index contributed by atoms with van der Waals surface area (Å²) in [6.45, 7) is 3.52. The van der Waals surface area contributed by atoms with Crippen molar-refractivity contribution in [3.63, 3.8) is 0 Å². The van der Waals surface area contributed by atoms with Gasteiger partial charge < -0.3 is 4.79 Å². The maximum atomic E-state index is 11.3. The third-order valence-corrected chi connectivity index (χ3v) is 2.26. The van der Waals surface area contributed by atoms with Gasteiger partial charge in [-0.25, -0.2) is 0 Å². The maximum Gasteiger partial charge on any atom is 0.156 e. The number of carbonyl (C=O) groups is 2. The average molecular weight is 216 g/mol. The summed E-state index contributed by atoms with van der Waals surface area (Å²) in [5, 5.41) is 0. The summed E-state index contributed by atoms with van der Waals surface area (Å²) in [6, 6.07) is 7.92. The van der Waals surface area contributed by atoms with Crippen molar-refractivity contribution in [2.24, 2.45) is 0 Å². The second-order valence-electron chi connectivity index (χ2n) is 3.91. The number of hydrogen-bond acceptors (Lipinski definition) is 2. The van der Waals surface area contributed by atoms with E-state index in [1.807, 2.05) is 31.2 Å². The van der Waals surface area contributed by atoms with E-state index >= 15 is 0 Å². The number of aryl methyl sites for hydroxylation is 1. The smallest absolute Gasteiger partial charge is 0.156 e. The summed E-state index contributed by atoms with van der Waals surface area (Å²) in [4.78, 5) is 22.0. The molecule has 0 bridgehead atoms. The van der Waals surface area contributed by atoms with E-state index in [9.17, 15) is 9.59 Å². The molecule has 0 spiro atoms. The summed E-state index contributed by atoms with van der Waals surface area (Å²) >= 11 is 0. The first kappa shape index (κ1) is 12.4. The minimum absolute atomic E-state index is 0.00391. The summed E-state index contributed by atoms with van der Waals surface area (Å²) in [5.74, 6) is 0.0489. The Bertz CT molecular complexity index is 399. The van der Waals surface area contributed by atoms with Gasteiger partial charge in [0, 0.05) is 12.8 Å². The second kappa shape index (κ2) is 6.01. The monoisotopic (exact) mass is 216 g/mol. The average Bonchev–Trinajstić information content (AvgIpc) is 2.25. The Morgan fingerprint density at radius 3 is 2.31 bits per heavy atom. The van der Waals surface area contributed by atoms with Crippen LogP contribution in [0.5, 0.6) is 0 Å². The lowest BCUT2D eigenvalue weighted by Gasteiger charge is -1.95. The number of rotatable bonds is 5. The molecule has 0 aliphatic rings. The topological polar surface area (TPSA) is 34.1 Å². The van der Waals surface area contributed by atoms with Gasteiger partial charge in [0.1, 0.15) is 5.78 Å². The van der Waals surface area contributed by atoms with Gasteiger partial charge in [0.25, 0.3) is 0 Å². The molecule has 84 valence electrons. The highest BCUT2D eigenvalue weighted by Crippen LogP contribution is 2.05. The molecule has 0 saturated carbocycles. The molecular weight excluding hydrogens is 200 g/mol. The summed E-state index contributed by atoms with van der Waals surface area (Å²) in [6.07, 6.45) is 3.95. The molecule has 0 aliphatic heterocycles. The van der Waals surface area contributed by atoms with Crippen LogP contribution in [0, 0.1) is 6.92 Å². The lowest BCUT2D eigenvalue weighted by molar-refractivity contribution is -0.120. The van der Waals surface area contributed by atoms with Gasteiger partial charge in [0.05, 0.1) is 0 Å². The van der Waals surface area contributed by atoms with E-state index in [4.69, 9.17) is 0 Å². The molecule has 1 aromatic carbocycles. The number of ketones is 2. The van der Waals surface area contributed by atoms with Gasteiger partial charge in [-0.3, -0.25) is 4.79 Å². The van der Waals surface area contributed by atoms with E-state index in [1.165, 1.54) is 18.6 Å². The van der Waals surface area contributed by atoms with E-state index < -0.39 is 0 Å². The van der Waals surface area contributed by atoms with Crippen LogP contribution >= 0.6 is 0 Å². The maximum absolute atomic E-state index is 11.3. The molecule has 16 heavy (non-hydrogen) atoms. The van der Waals surface area contributed by atoms with Crippen molar-refractivity contribution in [1.82, 2.24) is 0 Å². The Morgan fingerprint density at radius 2 is 1.75 bits per heavy atom. The Hall–Kier alpha value is -1.70. The minimum Gasteiger partial charge on any atom is -0.300 e. The highest BCUT2D eigenvalue weighted by Gasteiger charge is 1.99. The molecule has 2 heteroatoms. The van der Waals surface area contributed by atoms with Crippen LogP contribution in [-0.4, -0.2) is 11.6 Å². The normalized spacial score (nSPS) is 10.6. The Morgan fingerprint density at radius 1 is 1.12 bits per heavy atom. The summed E-state index contributed by atoms with van der Waals surface area (Å²) in [7, 11) is 0. The second-order valence-corrected chi connectivity index (χ2v) is 3.91.